The Kier molecular flexibility index (Phi) is 8.55. The summed E-state index contributed by atoms with van der Waals surface area (Å²) in [7, 11) is 0. The Morgan fingerprint density at radius 1 is 0.404 bits per heavy atom. The van der Waals surface area contributed by atoms with Gasteiger partial charge in [-0.1, -0.05) is 103 Å². The first-order valence-corrected chi connectivity index (χ1v) is 18.6. The van der Waals surface area contributed by atoms with E-state index in [1.165, 1.54) is 11.1 Å². The van der Waals surface area contributed by atoms with Gasteiger partial charge in [0.15, 0.2) is 0 Å². The molecule has 0 aliphatic rings. The zero-order chi connectivity index (χ0) is 37.0. The molecule has 0 aliphatic carbocycles. The number of rotatable bonds is 4. The molecule has 0 amide bonds. The molecule has 0 fully saturated rings. The van der Waals surface area contributed by atoms with Gasteiger partial charge in [0, 0.05) is 37.7 Å². The van der Waals surface area contributed by atoms with Crippen LogP contribution in [-0.2, 0) is 20.1 Å². The van der Waals surface area contributed by atoms with Gasteiger partial charge >= 0.3 is 0 Å². The molecule has 7 nitrogen and oxygen atoms in total. The van der Waals surface area contributed by atoms with Gasteiger partial charge in [-0.3, -0.25) is 17.9 Å². The second-order valence-corrected chi connectivity index (χ2v) is 13.7. The molecule has 5 heterocycles. The van der Waals surface area contributed by atoms with Crippen LogP contribution in [0, 0.1) is 6.07 Å². The van der Waals surface area contributed by atoms with E-state index in [1.807, 2.05) is 54.6 Å². The van der Waals surface area contributed by atoms with E-state index in [2.05, 4.69) is 162 Å². The number of fused-ring (bicyclic) bond motifs is 10. The van der Waals surface area contributed by atoms with Gasteiger partial charge in [0.05, 0.1) is 44.1 Å². The van der Waals surface area contributed by atoms with Crippen molar-refractivity contribution in [3.05, 3.63) is 200 Å². The van der Waals surface area contributed by atoms with Crippen molar-refractivity contribution < 1.29 is 20.1 Å². The quantitative estimate of drug-likeness (QED) is 0.165. The van der Waals surface area contributed by atoms with E-state index in [4.69, 9.17) is 9.97 Å². The Bertz CT molecular complexity index is 3130. The normalized spacial score (nSPS) is 11.4. The van der Waals surface area contributed by atoms with E-state index in [0.717, 1.165) is 78.3 Å². The molecular weight excluding hydrogens is 879 g/mol. The minimum absolute atomic E-state index is 0. The van der Waals surface area contributed by atoms with Crippen LogP contribution in [0.5, 0.6) is 0 Å². The van der Waals surface area contributed by atoms with Gasteiger partial charge in [0.1, 0.15) is 0 Å². The summed E-state index contributed by atoms with van der Waals surface area (Å²) in [5.41, 5.74) is 15.1. The van der Waals surface area contributed by atoms with Gasteiger partial charge in [0.25, 0.3) is 0 Å². The van der Waals surface area contributed by atoms with Crippen molar-refractivity contribution in [2.75, 3.05) is 0 Å². The van der Waals surface area contributed by atoms with Crippen molar-refractivity contribution in [1.29, 1.82) is 0 Å². The zero-order valence-corrected chi connectivity index (χ0v) is 32.8. The number of hydrogen-bond donors (Lipinski definition) is 0. The molecule has 0 saturated heterocycles. The fraction of sp³-hybridized carbons (Fsp3) is 0. The van der Waals surface area contributed by atoms with E-state index in [0.29, 0.717) is 0 Å². The Balaban J connectivity index is 0.000000176. The van der Waals surface area contributed by atoms with Crippen molar-refractivity contribution in [3.63, 3.8) is 0 Å². The number of hydrogen-bond acceptors (Lipinski definition) is 3. The van der Waals surface area contributed by atoms with Crippen molar-refractivity contribution >= 4 is 55.7 Å². The third kappa shape index (κ3) is 5.73. The van der Waals surface area contributed by atoms with Gasteiger partial charge in [-0.25, -0.2) is 9.97 Å². The van der Waals surface area contributed by atoms with Crippen LogP contribution < -0.4 is 0 Å². The summed E-state index contributed by atoms with van der Waals surface area (Å²) in [6, 6.07) is 67.9. The Morgan fingerprint density at radius 3 is 1.42 bits per heavy atom. The average Bonchev–Trinajstić information content (AvgIpc) is 4.00. The molecular formula is C49H32IrN7-. The molecule has 0 bridgehead atoms. The summed E-state index contributed by atoms with van der Waals surface area (Å²) in [6.07, 6.45) is 1.80. The van der Waals surface area contributed by atoms with Gasteiger partial charge < -0.3 is 4.98 Å². The number of para-hydroxylation sites is 6. The molecule has 0 atom stereocenters. The second-order valence-electron chi connectivity index (χ2n) is 13.7. The van der Waals surface area contributed by atoms with E-state index in [-0.39, 0.29) is 20.1 Å². The number of pyridine rings is 1. The number of imidazole rings is 4. The van der Waals surface area contributed by atoms with E-state index >= 15 is 0 Å². The Morgan fingerprint density at radius 2 is 0.895 bits per heavy atom. The maximum Gasteiger partial charge on any atom is 0.220 e. The largest absolute Gasteiger partial charge is 0.305 e. The molecule has 273 valence electrons. The average molecular weight is 911 g/mol. The summed E-state index contributed by atoms with van der Waals surface area (Å²) in [5.74, 6) is 1.79. The molecule has 12 rings (SSSR count). The smallest absolute Gasteiger partial charge is 0.220 e. The minimum Gasteiger partial charge on any atom is -0.305 e. The third-order valence-corrected chi connectivity index (χ3v) is 10.4. The fourth-order valence-electron chi connectivity index (χ4n) is 7.91. The molecule has 1 radical (unpaired) electrons. The van der Waals surface area contributed by atoms with Crippen LogP contribution >= 0.6 is 0 Å². The summed E-state index contributed by atoms with van der Waals surface area (Å²) in [6.45, 7) is 0. The Labute approximate surface area is 341 Å². The van der Waals surface area contributed by atoms with Gasteiger partial charge in [-0.15, -0.1) is 35.4 Å². The van der Waals surface area contributed by atoms with Gasteiger partial charge in [0.2, 0.25) is 11.6 Å². The van der Waals surface area contributed by atoms with Crippen LogP contribution in [0.3, 0.4) is 0 Å². The first-order valence-electron chi connectivity index (χ1n) is 18.6. The number of nitrogens with zero attached hydrogens (tertiary/aromatic N) is 7. The molecule has 0 aliphatic heterocycles. The predicted octanol–water partition coefficient (Wildman–Crippen LogP) is 11.4. The molecule has 57 heavy (non-hydrogen) atoms. The monoisotopic (exact) mass is 911 g/mol. The topological polar surface area (TPSA) is 57.4 Å². The van der Waals surface area contributed by atoms with E-state index in [1.54, 1.807) is 6.20 Å². The van der Waals surface area contributed by atoms with Crippen LogP contribution in [0.2, 0.25) is 0 Å². The van der Waals surface area contributed by atoms with Crippen molar-refractivity contribution in [2.24, 2.45) is 0 Å². The first-order chi connectivity index (χ1) is 27.8. The first kappa shape index (κ1) is 34.4. The molecule has 0 N–H and O–H groups in total. The van der Waals surface area contributed by atoms with Crippen LogP contribution in [-0.4, -0.2) is 32.9 Å². The molecule has 0 spiro atoms. The van der Waals surface area contributed by atoms with Crippen molar-refractivity contribution in [1.82, 2.24) is 32.9 Å². The summed E-state index contributed by atoms with van der Waals surface area (Å²) in [4.78, 5) is 14.6. The maximum atomic E-state index is 5.15. The van der Waals surface area contributed by atoms with E-state index < -0.39 is 0 Å². The van der Waals surface area contributed by atoms with Crippen molar-refractivity contribution in [3.8, 4) is 33.8 Å². The fourth-order valence-corrected chi connectivity index (χ4v) is 7.91. The Hall–Kier alpha value is -7.12. The molecule has 0 saturated carbocycles. The van der Waals surface area contributed by atoms with E-state index in [9.17, 15) is 0 Å². The molecule has 8 heteroatoms. The number of aromatic nitrogens is 7. The van der Waals surface area contributed by atoms with Gasteiger partial charge in [-0.05, 0) is 78.0 Å². The zero-order valence-electron chi connectivity index (χ0n) is 30.4. The SMILES string of the molecule is [Ir].[c-]1ccc(-c2ccccc2)cc1-c1ccccn1.c1ccc(-n2c3ccccc3n3c4cc5c(cc4nc23)nc2n(-c3ccccc3)c3ccccc3n52)cc1. The minimum atomic E-state index is 0. The van der Waals surface area contributed by atoms with Crippen molar-refractivity contribution in [2.45, 2.75) is 0 Å². The molecule has 5 aromatic heterocycles. The summed E-state index contributed by atoms with van der Waals surface area (Å²) in [5, 5.41) is 0. The second kappa shape index (κ2) is 14.2. The number of benzene rings is 7. The van der Waals surface area contributed by atoms with Gasteiger partial charge in [-0.2, -0.15) is 0 Å². The molecule has 7 aromatic carbocycles. The predicted molar refractivity (Wildman–Crippen MR) is 227 cm³/mol. The van der Waals surface area contributed by atoms with Crippen LogP contribution in [0.1, 0.15) is 0 Å². The maximum absolute atomic E-state index is 5.15. The van der Waals surface area contributed by atoms with Crippen LogP contribution in [0.15, 0.2) is 194 Å². The molecule has 0 unspecified atom stereocenters. The molecule has 12 aromatic rings. The summed E-state index contributed by atoms with van der Waals surface area (Å²) < 4.78 is 9.01. The standard InChI is InChI=1S/C32H20N6.C17H12N.Ir/c1-3-11-21(12-4-1)35-25-15-7-9-17-27(25)37-29-20-30-24(19-23(29)33-31(35)37)34-32-36(22-13-5-2-6-14-22)26-16-8-10-18-28(26)38(30)32;1-2-7-14(8-3-1)15-9-6-10-16(13-15)17-11-4-5-12-18-17;/h1-20H;1-9,11-13H;/q;-1;. The third-order valence-electron chi connectivity index (χ3n) is 10.4. The van der Waals surface area contributed by atoms with Crippen LogP contribution in [0.4, 0.5) is 0 Å². The summed E-state index contributed by atoms with van der Waals surface area (Å²) >= 11 is 0. The van der Waals surface area contributed by atoms with Crippen LogP contribution in [0.25, 0.3) is 89.4 Å².